The van der Waals surface area contributed by atoms with Crippen molar-refractivity contribution in [3.05, 3.63) is 64.9 Å². The van der Waals surface area contributed by atoms with Gasteiger partial charge in [0.1, 0.15) is 12.0 Å². The van der Waals surface area contributed by atoms with Gasteiger partial charge < -0.3 is 5.32 Å². The van der Waals surface area contributed by atoms with E-state index < -0.39 is 5.82 Å². The van der Waals surface area contributed by atoms with Gasteiger partial charge in [0.2, 0.25) is 11.8 Å². The second kappa shape index (κ2) is 9.13. The monoisotopic (exact) mass is 447 g/mol. The third kappa shape index (κ3) is 4.49. The Labute approximate surface area is 182 Å². The van der Waals surface area contributed by atoms with Crippen LogP contribution in [0.4, 0.5) is 10.1 Å². The normalized spacial score (nSPS) is 20.7. The summed E-state index contributed by atoms with van der Waals surface area (Å²) in [5, 5.41) is 3.47. The topological polar surface area (TPSA) is 85.8 Å². The van der Waals surface area contributed by atoms with Crippen LogP contribution in [0.5, 0.6) is 0 Å². The summed E-state index contributed by atoms with van der Waals surface area (Å²) in [6.45, 7) is 0.676. The number of hydrogen-bond donors (Lipinski definition) is 3. The molecule has 4 rings (SSSR count). The molecule has 0 spiro atoms. The van der Waals surface area contributed by atoms with Gasteiger partial charge in [-0.3, -0.25) is 19.9 Å². The standard InChI is InChI=1S/C20H19ClFN5O2S/c21-16-8-13(22)7-6-12(16)9-23-17(28)11-30-20-25-18-15(10-24-26-18)19(29)27(20)14-4-2-1-3-5-14/h1-8,15,18,24,26H,9-11H2,(H,23,28). The van der Waals surface area contributed by atoms with Crippen molar-refractivity contribution >= 4 is 46.0 Å². The van der Waals surface area contributed by atoms with Crippen molar-refractivity contribution in [2.45, 2.75) is 12.7 Å². The predicted octanol–water partition coefficient (Wildman–Crippen LogP) is 2.28. The highest BCUT2D eigenvalue weighted by Crippen LogP contribution is 2.29. The highest BCUT2D eigenvalue weighted by molar-refractivity contribution is 8.14. The first kappa shape index (κ1) is 20.8. The lowest BCUT2D eigenvalue weighted by molar-refractivity contribution is -0.121. The Hall–Kier alpha value is -2.46. The lowest BCUT2D eigenvalue weighted by Crippen LogP contribution is -2.49. The molecule has 2 heterocycles. The van der Waals surface area contributed by atoms with Crippen LogP contribution in [-0.2, 0) is 16.1 Å². The van der Waals surface area contributed by atoms with Gasteiger partial charge in [-0.05, 0) is 29.8 Å². The van der Waals surface area contributed by atoms with E-state index in [0.29, 0.717) is 23.0 Å². The molecule has 2 atom stereocenters. The number of carbonyl (C=O) groups is 2. The Bertz CT molecular complexity index is 990. The molecule has 30 heavy (non-hydrogen) atoms. The maximum atomic E-state index is 13.1. The summed E-state index contributed by atoms with van der Waals surface area (Å²) in [6, 6.07) is 13.3. The zero-order valence-electron chi connectivity index (χ0n) is 15.8. The number of anilines is 1. The van der Waals surface area contributed by atoms with Crippen molar-refractivity contribution in [1.29, 1.82) is 0 Å². The molecule has 0 aromatic heterocycles. The predicted molar refractivity (Wildman–Crippen MR) is 115 cm³/mol. The van der Waals surface area contributed by atoms with E-state index in [2.05, 4.69) is 21.2 Å². The fraction of sp³-hybridized carbons (Fsp3) is 0.250. The molecule has 10 heteroatoms. The molecule has 156 valence electrons. The van der Waals surface area contributed by atoms with E-state index in [-0.39, 0.29) is 41.2 Å². The number of nitrogens with zero attached hydrogens (tertiary/aromatic N) is 2. The van der Waals surface area contributed by atoms with Gasteiger partial charge in [-0.15, -0.1) is 0 Å². The minimum atomic E-state index is -0.431. The van der Waals surface area contributed by atoms with Crippen molar-refractivity contribution in [1.82, 2.24) is 16.2 Å². The number of amides is 2. The number of carbonyl (C=O) groups excluding carboxylic acids is 2. The zero-order valence-corrected chi connectivity index (χ0v) is 17.3. The van der Waals surface area contributed by atoms with Crippen LogP contribution in [0, 0.1) is 11.7 Å². The van der Waals surface area contributed by atoms with Crippen molar-refractivity contribution in [2.24, 2.45) is 10.9 Å². The lowest BCUT2D eigenvalue weighted by atomic mass is 10.1. The van der Waals surface area contributed by atoms with E-state index >= 15 is 0 Å². The number of thioether (sulfide) groups is 1. The van der Waals surface area contributed by atoms with Crippen molar-refractivity contribution in [3.63, 3.8) is 0 Å². The Morgan fingerprint density at radius 3 is 2.87 bits per heavy atom. The van der Waals surface area contributed by atoms with Gasteiger partial charge in [-0.2, -0.15) is 0 Å². The molecule has 2 aromatic carbocycles. The van der Waals surface area contributed by atoms with Crippen LogP contribution >= 0.6 is 23.4 Å². The van der Waals surface area contributed by atoms with Crippen LogP contribution in [0.1, 0.15) is 5.56 Å². The van der Waals surface area contributed by atoms with Gasteiger partial charge in [-0.25, -0.2) is 14.8 Å². The number of aliphatic imine (C=N–C) groups is 1. The first-order valence-corrected chi connectivity index (χ1v) is 10.7. The average Bonchev–Trinajstić information content (AvgIpc) is 3.21. The summed E-state index contributed by atoms with van der Waals surface area (Å²) in [6.07, 6.45) is -0.360. The second-order valence-corrected chi connectivity index (χ2v) is 8.15. The molecule has 2 unspecified atom stereocenters. The van der Waals surface area contributed by atoms with Crippen LogP contribution in [-0.4, -0.2) is 35.4 Å². The van der Waals surface area contributed by atoms with Crippen LogP contribution in [0.15, 0.2) is 53.5 Å². The van der Waals surface area contributed by atoms with Gasteiger partial charge in [0.15, 0.2) is 5.17 Å². The van der Waals surface area contributed by atoms with Gasteiger partial charge in [0.25, 0.3) is 0 Å². The number of benzene rings is 2. The van der Waals surface area contributed by atoms with Crippen molar-refractivity contribution < 1.29 is 14.0 Å². The number of para-hydroxylation sites is 1. The Balaban J connectivity index is 1.43. The van der Waals surface area contributed by atoms with E-state index in [1.54, 1.807) is 4.90 Å². The van der Waals surface area contributed by atoms with E-state index in [0.717, 1.165) is 0 Å². The summed E-state index contributed by atoms with van der Waals surface area (Å²) in [7, 11) is 0. The molecule has 2 aliphatic heterocycles. The van der Waals surface area contributed by atoms with Crippen molar-refractivity contribution in [3.8, 4) is 0 Å². The molecule has 1 fully saturated rings. The molecule has 1 saturated heterocycles. The minimum absolute atomic E-state index is 0.0685. The second-order valence-electron chi connectivity index (χ2n) is 6.80. The zero-order chi connectivity index (χ0) is 21.1. The number of fused-ring (bicyclic) bond motifs is 1. The van der Waals surface area contributed by atoms with E-state index in [1.165, 1.54) is 30.0 Å². The Kier molecular flexibility index (Phi) is 6.33. The molecule has 2 amide bonds. The van der Waals surface area contributed by atoms with E-state index in [9.17, 15) is 14.0 Å². The number of hydrogen-bond acceptors (Lipinski definition) is 6. The number of rotatable bonds is 5. The van der Waals surface area contributed by atoms with Crippen molar-refractivity contribution in [2.75, 3.05) is 17.2 Å². The smallest absolute Gasteiger partial charge is 0.241 e. The minimum Gasteiger partial charge on any atom is -0.351 e. The van der Waals surface area contributed by atoms with Gasteiger partial charge >= 0.3 is 0 Å². The maximum absolute atomic E-state index is 13.1. The van der Waals surface area contributed by atoms with Gasteiger partial charge in [0, 0.05) is 18.1 Å². The van der Waals surface area contributed by atoms with Crippen LogP contribution < -0.4 is 21.1 Å². The first-order valence-electron chi connectivity index (χ1n) is 9.31. The molecule has 0 radical (unpaired) electrons. The fourth-order valence-electron chi connectivity index (χ4n) is 3.22. The molecule has 7 nitrogen and oxygen atoms in total. The first-order chi connectivity index (χ1) is 14.5. The average molecular weight is 448 g/mol. The quantitative estimate of drug-likeness (QED) is 0.654. The number of nitrogens with one attached hydrogen (secondary N) is 3. The number of halogens is 2. The SMILES string of the molecule is O=C(CSC1=NC2NNCC2C(=O)N1c1ccccc1)NCc1ccc(F)cc1Cl. The molecule has 0 saturated carbocycles. The van der Waals surface area contributed by atoms with E-state index in [1.807, 2.05) is 30.3 Å². The van der Waals surface area contributed by atoms with Crippen LogP contribution in [0.25, 0.3) is 0 Å². The van der Waals surface area contributed by atoms with E-state index in [4.69, 9.17) is 11.6 Å². The molecule has 0 aliphatic carbocycles. The van der Waals surface area contributed by atoms with Crippen LogP contribution in [0.2, 0.25) is 5.02 Å². The molecule has 3 N–H and O–H groups in total. The van der Waals surface area contributed by atoms with Gasteiger partial charge in [-0.1, -0.05) is 47.6 Å². The molecule has 2 aliphatic rings. The molecule has 2 aromatic rings. The third-order valence-corrected chi connectivity index (χ3v) is 6.07. The summed E-state index contributed by atoms with van der Waals surface area (Å²) >= 11 is 7.18. The largest absolute Gasteiger partial charge is 0.351 e. The third-order valence-electron chi connectivity index (χ3n) is 4.77. The fourth-order valence-corrected chi connectivity index (χ4v) is 4.33. The summed E-state index contributed by atoms with van der Waals surface area (Å²) < 4.78 is 13.1. The maximum Gasteiger partial charge on any atom is 0.241 e. The van der Waals surface area contributed by atoms with Gasteiger partial charge in [0.05, 0.1) is 17.4 Å². The molecular formula is C20H19ClFN5O2S. The summed E-state index contributed by atoms with van der Waals surface area (Å²) in [4.78, 5) is 31.6. The highest BCUT2D eigenvalue weighted by Gasteiger charge is 2.42. The number of hydrazine groups is 1. The lowest BCUT2D eigenvalue weighted by Gasteiger charge is -2.32. The summed E-state index contributed by atoms with van der Waals surface area (Å²) in [5.41, 5.74) is 7.29. The Morgan fingerprint density at radius 2 is 2.10 bits per heavy atom. The highest BCUT2D eigenvalue weighted by atomic mass is 35.5. The Morgan fingerprint density at radius 1 is 1.30 bits per heavy atom. The summed E-state index contributed by atoms with van der Waals surface area (Å²) in [5.74, 6) is -0.981. The van der Waals surface area contributed by atoms with Crippen LogP contribution in [0.3, 0.4) is 0 Å². The molecule has 0 bridgehead atoms. The molecular weight excluding hydrogens is 429 g/mol. The number of amidine groups is 1.